The minimum atomic E-state index is -4.37. The van der Waals surface area contributed by atoms with E-state index in [-0.39, 0.29) is 6.04 Å². The maximum Gasteiger partial charge on any atom is 0.411 e. The summed E-state index contributed by atoms with van der Waals surface area (Å²) in [6.45, 7) is -1.89. The fourth-order valence-electron chi connectivity index (χ4n) is 1.78. The third-order valence-electron chi connectivity index (χ3n) is 2.47. The summed E-state index contributed by atoms with van der Waals surface area (Å²) in [6, 6.07) is 0.107. The van der Waals surface area contributed by atoms with Crippen LogP contribution in [0.1, 0.15) is 32.1 Å². The zero-order chi connectivity index (χ0) is 12.0. The molecule has 94 valence electrons. The van der Waals surface area contributed by atoms with Gasteiger partial charge in [-0.25, -0.2) is 0 Å². The van der Waals surface area contributed by atoms with Crippen molar-refractivity contribution < 1.29 is 22.7 Å². The van der Waals surface area contributed by atoms with E-state index in [0.29, 0.717) is 0 Å². The number of rotatable bonds is 4. The second-order valence-corrected chi connectivity index (χ2v) is 4.01. The second kappa shape index (κ2) is 6.08. The summed E-state index contributed by atoms with van der Waals surface area (Å²) >= 11 is 0. The number of ether oxygens (including phenoxy) is 1. The minimum Gasteiger partial charge on any atom is -0.362 e. The molecule has 3 nitrogen and oxygen atoms in total. The van der Waals surface area contributed by atoms with Crippen molar-refractivity contribution in [1.82, 2.24) is 5.32 Å². The van der Waals surface area contributed by atoms with Gasteiger partial charge in [-0.15, -0.1) is 0 Å². The topological polar surface area (TPSA) is 38.3 Å². The molecule has 0 spiro atoms. The van der Waals surface area contributed by atoms with Crippen LogP contribution < -0.4 is 5.32 Å². The van der Waals surface area contributed by atoms with Crippen LogP contribution in [0.2, 0.25) is 0 Å². The number of nitrogens with one attached hydrogen (secondary N) is 1. The molecule has 1 aliphatic rings. The van der Waals surface area contributed by atoms with E-state index in [4.69, 9.17) is 0 Å². The molecule has 0 saturated heterocycles. The smallest absolute Gasteiger partial charge is 0.362 e. The van der Waals surface area contributed by atoms with Crippen molar-refractivity contribution in [2.45, 2.75) is 44.3 Å². The Morgan fingerprint density at radius 3 is 2.44 bits per heavy atom. The first kappa shape index (κ1) is 13.3. The highest BCUT2D eigenvalue weighted by molar-refractivity contribution is 5.77. The van der Waals surface area contributed by atoms with Gasteiger partial charge in [-0.2, -0.15) is 13.2 Å². The zero-order valence-electron chi connectivity index (χ0n) is 8.98. The van der Waals surface area contributed by atoms with Crippen LogP contribution in [0.25, 0.3) is 0 Å². The standard InChI is InChI=1S/C10H16F3NO2/c11-10(12,13)7-16-6-9(15)14-8-4-2-1-3-5-8/h8H,1-7H2,(H,14,15). The average molecular weight is 239 g/mol. The van der Waals surface area contributed by atoms with E-state index in [1.165, 1.54) is 0 Å². The average Bonchev–Trinajstić information content (AvgIpc) is 2.17. The van der Waals surface area contributed by atoms with Crippen LogP contribution in [0.5, 0.6) is 0 Å². The SMILES string of the molecule is O=C(COCC(F)(F)F)NC1CCCCC1. The maximum absolute atomic E-state index is 11.7. The lowest BCUT2D eigenvalue weighted by molar-refractivity contribution is -0.175. The second-order valence-electron chi connectivity index (χ2n) is 4.01. The third kappa shape index (κ3) is 5.95. The number of halogens is 3. The van der Waals surface area contributed by atoms with Gasteiger partial charge in [0.2, 0.25) is 5.91 Å². The number of carbonyl (C=O) groups is 1. The van der Waals surface area contributed by atoms with E-state index in [1.807, 2.05) is 0 Å². The first-order valence-electron chi connectivity index (χ1n) is 5.41. The van der Waals surface area contributed by atoms with E-state index in [2.05, 4.69) is 10.1 Å². The number of amides is 1. The van der Waals surface area contributed by atoms with Crippen molar-refractivity contribution in [3.05, 3.63) is 0 Å². The molecule has 0 aromatic carbocycles. The Bertz CT molecular complexity index is 225. The molecule has 0 heterocycles. The van der Waals surface area contributed by atoms with Gasteiger partial charge in [-0.3, -0.25) is 4.79 Å². The lowest BCUT2D eigenvalue weighted by Crippen LogP contribution is -2.38. The van der Waals surface area contributed by atoms with Gasteiger partial charge in [-0.05, 0) is 12.8 Å². The van der Waals surface area contributed by atoms with Gasteiger partial charge in [0, 0.05) is 6.04 Å². The number of hydrogen-bond donors (Lipinski definition) is 1. The Morgan fingerprint density at radius 2 is 1.88 bits per heavy atom. The molecule has 0 atom stereocenters. The molecule has 1 N–H and O–H groups in total. The van der Waals surface area contributed by atoms with Crippen LogP contribution in [0, 0.1) is 0 Å². The Labute approximate surface area is 92.3 Å². The molecule has 1 fully saturated rings. The van der Waals surface area contributed by atoms with E-state index in [1.54, 1.807) is 0 Å². The third-order valence-corrected chi connectivity index (χ3v) is 2.47. The van der Waals surface area contributed by atoms with E-state index >= 15 is 0 Å². The summed E-state index contributed by atoms with van der Waals surface area (Å²) < 4.78 is 39.4. The predicted molar refractivity (Wildman–Crippen MR) is 51.9 cm³/mol. The zero-order valence-corrected chi connectivity index (χ0v) is 8.98. The normalized spacial score (nSPS) is 18.4. The van der Waals surface area contributed by atoms with Gasteiger partial charge in [0.15, 0.2) is 0 Å². The summed E-state index contributed by atoms with van der Waals surface area (Å²) in [5.41, 5.74) is 0. The van der Waals surface area contributed by atoms with Gasteiger partial charge < -0.3 is 10.1 Å². The minimum absolute atomic E-state index is 0.107. The quantitative estimate of drug-likeness (QED) is 0.815. The first-order valence-corrected chi connectivity index (χ1v) is 5.41. The highest BCUT2D eigenvalue weighted by atomic mass is 19.4. The molecule has 1 aliphatic carbocycles. The molecule has 0 aromatic rings. The molecule has 1 rings (SSSR count). The molecular weight excluding hydrogens is 223 g/mol. The molecule has 1 saturated carbocycles. The van der Waals surface area contributed by atoms with Gasteiger partial charge in [0.25, 0.3) is 0 Å². The van der Waals surface area contributed by atoms with Crippen LogP contribution in [-0.2, 0) is 9.53 Å². The lowest BCUT2D eigenvalue weighted by Gasteiger charge is -2.22. The van der Waals surface area contributed by atoms with Gasteiger partial charge in [-0.1, -0.05) is 19.3 Å². The molecule has 16 heavy (non-hydrogen) atoms. The van der Waals surface area contributed by atoms with Crippen LogP contribution in [0.4, 0.5) is 13.2 Å². The number of hydrogen-bond acceptors (Lipinski definition) is 2. The fraction of sp³-hybridized carbons (Fsp3) is 0.900. The fourth-order valence-corrected chi connectivity index (χ4v) is 1.78. The van der Waals surface area contributed by atoms with Crippen LogP contribution in [0.15, 0.2) is 0 Å². The Kier molecular flexibility index (Phi) is 5.05. The van der Waals surface area contributed by atoms with Gasteiger partial charge in [0.1, 0.15) is 13.2 Å². The van der Waals surface area contributed by atoms with Crippen molar-refractivity contribution in [1.29, 1.82) is 0 Å². The van der Waals surface area contributed by atoms with Gasteiger partial charge >= 0.3 is 6.18 Å². The van der Waals surface area contributed by atoms with Crippen LogP contribution >= 0.6 is 0 Å². The van der Waals surface area contributed by atoms with Gasteiger partial charge in [0.05, 0.1) is 0 Å². The summed E-state index contributed by atoms with van der Waals surface area (Å²) in [7, 11) is 0. The van der Waals surface area contributed by atoms with E-state index < -0.39 is 25.3 Å². The summed E-state index contributed by atoms with van der Waals surface area (Å²) in [5, 5.41) is 2.67. The summed E-state index contributed by atoms with van der Waals surface area (Å²) in [4.78, 5) is 11.2. The predicted octanol–water partition coefficient (Wildman–Crippen LogP) is 2.01. The van der Waals surface area contributed by atoms with Crippen molar-refractivity contribution in [3.8, 4) is 0 Å². The van der Waals surface area contributed by atoms with Crippen molar-refractivity contribution in [2.24, 2.45) is 0 Å². The summed E-state index contributed by atoms with van der Waals surface area (Å²) in [6.07, 6.45) is 0.737. The van der Waals surface area contributed by atoms with Crippen molar-refractivity contribution in [2.75, 3.05) is 13.2 Å². The molecule has 0 aliphatic heterocycles. The molecule has 0 aromatic heterocycles. The Hall–Kier alpha value is -0.780. The Balaban J connectivity index is 2.10. The number of carbonyl (C=O) groups excluding carboxylic acids is 1. The highest BCUT2D eigenvalue weighted by Gasteiger charge is 2.28. The lowest BCUT2D eigenvalue weighted by atomic mass is 9.95. The van der Waals surface area contributed by atoms with Crippen LogP contribution in [-0.4, -0.2) is 31.3 Å². The largest absolute Gasteiger partial charge is 0.411 e. The first-order chi connectivity index (χ1) is 7.47. The number of alkyl halides is 3. The van der Waals surface area contributed by atoms with E-state index in [9.17, 15) is 18.0 Å². The van der Waals surface area contributed by atoms with Crippen molar-refractivity contribution in [3.63, 3.8) is 0 Å². The summed E-state index contributed by atoms with van der Waals surface area (Å²) in [5.74, 6) is -0.462. The molecule has 6 heteroatoms. The highest BCUT2D eigenvalue weighted by Crippen LogP contribution is 2.17. The molecule has 0 unspecified atom stereocenters. The van der Waals surface area contributed by atoms with E-state index in [0.717, 1.165) is 32.1 Å². The van der Waals surface area contributed by atoms with Crippen LogP contribution in [0.3, 0.4) is 0 Å². The molecule has 0 bridgehead atoms. The monoisotopic (exact) mass is 239 g/mol. The van der Waals surface area contributed by atoms with Crippen molar-refractivity contribution >= 4 is 5.91 Å². The molecular formula is C10H16F3NO2. The molecule has 1 amide bonds. The Morgan fingerprint density at radius 1 is 1.25 bits per heavy atom. The molecule has 0 radical (unpaired) electrons. The maximum atomic E-state index is 11.7.